The lowest BCUT2D eigenvalue weighted by molar-refractivity contribution is -0.268. The highest BCUT2D eigenvalue weighted by atomic mass is 32.3. The lowest BCUT2D eigenvalue weighted by Crippen LogP contribution is -2.69. The predicted octanol–water partition coefficient (Wildman–Crippen LogP) is 2.71. The Kier molecular flexibility index (Phi) is 7.32. The van der Waals surface area contributed by atoms with Crippen LogP contribution >= 0.6 is 0 Å². The van der Waals surface area contributed by atoms with Gasteiger partial charge < -0.3 is 20.4 Å². The third-order valence-corrected chi connectivity index (χ3v) is 11.2. The van der Waals surface area contributed by atoms with Crippen LogP contribution in [0.2, 0.25) is 0 Å². The Hall–Kier alpha value is -0.550. The van der Waals surface area contributed by atoms with Gasteiger partial charge >= 0.3 is 10.4 Å². The van der Waals surface area contributed by atoms with Crippen LogP contribution < -0.4 is 0 Å². The molecule has 0 aliphatic heterocycles. The molecule has 0 aromatic rings. The number of aliphatic hydroxyl groups is 4. The van der Waals surface area contributed by atoms with E-state index in [1.54, 1.807) is 0 Å². The first-order valence-electron chi connectivity index (χ1n) is 13.2. The molecule has 202 valence electrons. The van der Waals surface area contributed by atoms with Crippen LogP contribution in [0.25, 0.3) is 0 Å². The monoisotopic (exact) mass is 516 g/mol. The molecule has 0 saturated heterocycles. The molecule has 0 radical (unpaired) electrons. The van der Waals surface area contributed by atoms with E-state index in [9.17, 15) is 28.8 Å². The van der Waals surface area contributed by atoms with Crippen molar-refractivity contribution in [3.05, 3.63) is 12.2 Å². The van der Waals surface area contributed by atoms with Crippen LogP contribution in [0.1, 0.15) is 72.6 Å². The van der Waals surface area contributed by atoms with Gasteiger partial charge in [0.25, 0.3) is 0 Å². The number of aliphatic hydroxyl groups excluding tert-OH is 3. The topological polar surface area (TPSA) is 145 Å². The summed E-state index contributed by atoms with van der Waals surface area (Å²) in [7, 11) is -4.46. The molecule has 0 unspecified atom stereocenters. The van der Waals surface area contributed by atoms with Crippen molar-refractivity contribution in [3.63, 3.8) is 0 Å². The molecule has 0 aromatic heterocycles. The van der Waals surface area contributed by atoms with Gasteiger partial charge in [-0.05, 0) is 79.4 Å². The molecule has 12 atom stereocenters. The van der Waals surface area contributed by atoms with Crippen molar-refractivity contribution in [2.45, 2.75) is 96.6 Å². The van der Waals surface area contributed by atoms with Gasteiger partial charge in [0.1, 0.15) is 0 Å². The summed E-state index contributed by atoms with van der Waals surface area (Å²) in [5.74, 6) is 0.521. The van der Waals surface area contributed by atoms with E-state index in [4.69, 9.17) is 4.55 Å². The molecule has 0 amide bonds. The van der Waals surface area contributed by atoms with Gasteiger partial charge in [0.2, 0.25) is 0 Å². The highest BCUT2D eigenvalue weighted by molar-refractivity contribution is 7.80. The molecule has 5 N–H and O–H groups in total. The SMILES string of the molecule is C[C@H](/C=C/[C@@H](C)[C@H]1C[C@H](O)[C@H]2[C@@H]3C[C@@H](O)[C@@]4(O)C[C@@H](O)CC[C@]4(C)[C@H]3CC[C@@]21C)COS(=O)(=O)O. The zero-order chi connectivity index (χ0) is 26.0. The van der Waals surface area contributed by atoms with Gasteiger partial charge in [-0.1, -0.05) is 39.8 Å². The normalized spacial score (nSPS) is 49.8. The van der Waals surface area contributed by atoms with Crippen LogP contribution in [-0.4, -0.2) is 63.9 Å². The molecule has 8 nitrogen and oxygen atoms in total. The zero-order valence-electron chi connectivity index (χ0n) is 21.4. The largest absolute Gasteiger partial charge is 0.397 e. The fourth-order valence-corrected chi connectivity index (χ4v) is 9.32. The molecule has 35 heavy (non-hydrogen) atoms. The van der Waals surface area contributed by atoms with Gasteiger partial charge in [-0.3, -0.25) is 4.55 Å². The van der Waals surface area contributed by atoms with E-state index in [1.807, 2.05) is 13.0 Å². The summed E-state index contributed by atoms with van der Waals surface area (Å²) in [5, 5.41) is 44.4. The molecule has 4 aliphatic carbocycles. The Morgan fingerprint density at radius 2 is 1.74 bits per heavy atom. The summed E-state index contributed by atoms with van der Waals surface area (Å²) < 4.78 is 35.0. The number of fused-ring (bicyclic) bond motifs is 5. The van der Waals surface area contributed by atoms with E-state index in [0.29, 0.717) is 25.7 Å². The summed E-state index contributed by atoms with van der Waals surface area (Å²) in [6, 6.07) is 0. The maximum atomic E-state index is 11.6. The molecular formula is C26H44O8S. The highest BCUT2D eigenvalue weighted by Crippen LogP contribution is 2.69. The standard InChI is InChI=1S/C26H44O8S/c1-15(14-34-35(31,32)33)5-6-16(2)20-12-21(28)23-18-11-22(29)26(30)13-17(27)7-10-25(26,4)19(18)8-9-24(20,23)3/h5-6,15-23,27-30H,7-14H2,1-4H3,(H,31,32,33)/b6-5+/t15-,16-,17+,18-,19+,20-,21+,22-,23-,24-,25-,26+/m1/s1. The number of hydrogen-bond acceptors (Lipinski definition) is 7. The smallest absolute Gasteiger partial charge is 0.393 e. The van der Waals surface area contributed by atoms with Crippen LogP contribution in [0, 0.1) is 46.3 Å². The fourth-order valence-electron chi connectivity index (χ4n) is 8.94. The third kappa shape index (κ3) is 4.64. The molecule has 9 heteroatoms. The average Bonchev–Trinajstić information content (AvgIpc) is 3.03. The Morgan fingerprint density at radius 3 is 2.40 bits per heavy atom. The van der Waals surface area contributed by atoms with Crippen molar-refractivity contribution in [1.29, 1.82) is 0 Å². The second-order valence-electron chi connectivity index (χ2n) is 12.7. The van der Waals surface area contributed by atoms with Crippen molar-refractivity contribution < 1.29 is 37.6 Å². The van der Waals surface area contributed by atoms with Gasteiger partial charge in [-0.15, -0.1) is 0 Å². The number of allylic oxidation sites excluding steroid dienone is 1. The first-order valence-corrected chi connectivity index (χ1v) is 14.6. The first kappa shape index (κ1) is 27.5. The van der Waals surface area contributed by atoms with E-state index < -0.39 is 39.7 Å². The summed E-state index contributed by atoms with van der Waals surface area (Å²) >= 11 is 0. The molecule has 0 spiro atoms. The van der Waals surface area contributed by atoms with Crippen molar-refractivity contribution in [2.75, 3.05) is 6.61 Å². The molecule has 4 fully saturated rings. The molecule has 4 rings (SSSR count). The van der Waals surface area contributed by atoms with Crippen LogP contribution in [-0.2, 0) is 14.6 Å². The van der Waals surface area contributed by atoms with Crippen LogP contribution in [0.5, 0.6) is 0 Å². The second kappa shape index (κ2) is 9.33. The van der Waals surface area contributed by atoms with Gasteiger partial charge in [0.15, 0.2) is 0 Å². The fraction of sp³-hybridized carbons (Fsp3) is 0.923. The summed E-state index contributed by atoms with van der Waals surface area (Å²) in [4.78, 5) is 0. The minimum absolute atomic E-state index is 0.0327. The summed E-state index contributed by atoms with van der Waals surface area (Å²) in [5.41, 5.74) is -1.89. The molecule has 0 aromatic carbocycles. The zero-order valence-corrected chi connectivity index (χ0v) is 22.2. The quantitative estimate of drug-likeness (QED) is 0.268. The summed E-state index contributed by atoms with van der Waals surface area (Å²) in [6.07, 6.45) is 6.47. The predicted molar refractivity (Wildman–Crippen MR) is 130 cm³/mol. The van der Waals surface area contributed by atoms with Crippen molar-refractivity contribution in [1.82, 2.24) is 0 Å². The highest BCUT2D eigenvalue weighted by Gasteiger charge is 2.68. The van der Waals surface area contributed by atoms with E-state index in [2.05, 4.69) is 31.0 Å². The van der Waals surface area contributed by atoms with E-state index in [0.717, 1.165) is 12.8 Å². The van der Waals surface area contributed by atoms with Crippen LogP contribution in [0.15, 0.2) is 12.2 Å². The van der Waals surface area contributed by atoms with Gasteiger partial charge in [-0.25, -0.2) is 4.18 Å². The number of rotatable bonds is 6. The third-order valence-electron chi connectivity index (χ3n) is 10.7. The lowest BCUT2D eigenvalue weighted by Gasteiger charge is -2.65. The molecular weight excluding hydrogens is 472 g/mol. The molecule has 4 saturated carbocycles. The molecule has 0 heterocycles. The van der Waals surface area contributed by atoms with E-state index in [-0.39, 0.29) is 54.0 Å². The van der Waals surface area contributed by atoms with E-state index in [1.165, 1.54) is 0 Å². The Morgan fingerprint density at radius 1 is 1.06 bits per heavy atom. The van der Waals surface area contributed by atoms with Gasteiger partial charge in [0.05, 0.1) is 30.5 Å². The minimum Gasteiger partial charge on any atom is -0.393 e. The minimum atomic E-state index is -4.46. The number of hydrogen-bond donors (Lipinski definition) is 5. The second-order valence-corrected chi connectivity index (χ2v) is 13.8. The Bertz CT molecular complexity index is 922. The maximum Gasteiger partial charge on any atom is 0.397 e. The Labute approximate surface area is 209 Å². The van der Waals surface area contributed by atoms with Crippen molar-refractivity contribution in [2.24, 2.45) is 46.3 Å². The molecule has 4 aliphatic rings. The van der Waals surface area contributed by atoms with Crippen LogP contribution in [0.3, 0.4) is 0 Å². The van der Waals surface area contributed by atoms with Gasteiger partial charge in [0, 0.05) is 11.8 Å². The van der Waals surface area contributed by atoms with Crippen LogP contribution in [0.4, 0.5) is 0 Å². The molecule has 0 bridgehead atoms. The lowest BCUT2D eigenvalue weighted by atomic mass is 9.42. The van der Waals surface area contributed by atoms with Gasteiger partial charge in [-0.2, -0.15) is 8.42 Å². The first-order chi connectivity index (χ1) is 16.1. The summed E-state index contributed by atoms with van der Waals surface area (Å²) in [6.45, 7) is 8.17. The van der Waals surface area contributed by atoms with Crippen molar-refractivity contribution >= 4 is 10.4 Å². The Balaban J connectivity index is 1.53. The maximum absolute atomic E-state index is 11.6. The van der Waals surface area contributed by atoms with E-state index >= 15 is 0 Å². The van der Waals surface area contributed by atoms with Crippen molar-refractivity contribution in [3.8, 4) is 0 Å². The average molecular weight is 517 g/mol.